The van der Waals surface area contributed by atoms with Crippen LogP contribution in [0.3, 0.4) is 0 Å². The van der Waals surface area contributed by atoms with E-state index in [1.165, 1.54) is 0 Å². The number of hydrogen-bond acceptors (Lipinski definition) is 2. The monoisotopic (exact) mass is 307 g/mol. The molecule has 0 unspecified atom stereocenters. The van der Waals surface area contributed by atoms with Gasteiger partial charge >= 0.3 is 0 Å². The van der Waals surface area contributed by atoms with Crippen molar-refractivity contribution in [2.75, 3.05) is 0 Å². The van der Waals surface area contributed by atoms with E-state index < -0.39 is 0 Å². The van der Waals surface area contributed by atoms with E-state index in [1.807, 2.05) is 42.6 Å². The number of rotatable bonds is 3. The van der Waals surface area contributed by atoms with Crippen molar-refractivity contribution in [3.63, 3.8) is 0 Å². The number of carbonyl (C=O) groups is 1. The number of aromatic nitrogens is 1. The third kappa shape index (κ3) is 2.52. The molecule has 0 aliphatic carbocycles. The Bertz CT molecular complexity index is 880. The number of nitrogens with zero attached hydrogens (tertiary/aromatic N) is 1. The van der Waals surface area contributed by atoms with Gasteiger partial charge in [-0.1, -0.05) is 19.9 Å². The lowest BCUT2D eigenvalue weighted by Crippen LogP contribution is -2.09. The molecule has 1 aromatic carbocycles. The molecule has 0 amide bonds. The van der Waals surface area contributed by atoms with Gasteiger partial charge in [0.15, 0.2) is 0 Å². The summed E-state index contributed by atoms with van der Waals surface area (Å²) in [6.45, 7) is 7.83. The van der Waals surface area contributed by atoms with Crippen molar-refractivity contribution in [1.29, 1.82) is 0 Å². The SMILES string of the molecule is Cc1cc(C(=O)c2c(C(C)C)cc3ccccn23)cc(C)c1O. The summed E-state index contributed by atoms with van der Waals surface area (Å²) in [7, 11) is 0. The Labute approximate surface area is 136 Å². The zero-order valence-electron chi connectivity index (χ0n) is 13.9. The Morgan fingerprint density at radius 3 is 2.35 bits per heavy atom. The van der Waals surface area contributed by atoms with E-state index in [0.717, 1.165) is 22.2 Å². The third-order valence-electron chi connectivity index (χ3n) is 4.30. The van der Waals surface area contributed by atoms with Gasteiger partial charge in [-0.15, -0.1) is 0 Å². The van der Waals surface area contributed by atoms with Crippen molar-refractivity contribution in [2.24, 2.45) is 0 Å². The molecular weight excluding hydrogens is 286 g/mol. The van der Waals surface area contributed by atoms with Crippen LogP contribution in [0.1, 0.15) is 52.5 Å². The second-order valence-corrected chi connectivity index (χ2v) is 6.39. The van der Waals surface area contributed by atoms with E-state index in [1.54, 1.807) is 12.1 Å². The topological polar surface area (TPSA) is 41.7 Å². The van der Waals surface area contributed by atoms with Crippen molar-refractivity contribution >= 4 is 11.3 Å². The lowest BCUT2D eigenvalue weighted by atomic mass is 9.96. The molecule has 0 aliphatic heterocycles. The van der Waals surface area contributed by atoms with Gasteiger partial charge in [-0.25, -0.2) is 0 Å². The van der Waals surface area contributed by atoms with Gasteiger partial charge in [-0.2, -0.15) is 0 Å². The van der Waals surface area contributed by atoms with Gasteiger partial charge in [-0.3, -0.25) is 4.79 Å². The van der Waals surface area contributed by atoms with Gasteiger partial charge in [0.05, 0.1) is 5.69 Å². The molecule has 0 bridgehead atoms. The predicted octanol–water partition coefficient (Wildman–Crippen LogP) is 4.62. The van der Waals surface area contributed by atoms with Gasteiger partial charge in [0.25, 0.3) is 0 Å². The van der Waals surface area contributed by atoms with Crippen LogP contribution in [0.2, 0.25) is 0 Å². The lowest BCUT2D eigenvalue weighted by Gasteiger charge is -2.11. The van der Waals surface area contributed by atoms with Gasteiger partial charge in [0, 0.05) is 17.3 Å². The van der Waals surface area contributed by atoms with Crippen LogP contribution < -0.4 is 0 Å². The molecule has 0 saturated carbocycles. The van der Waals surface area contributed by atoms with Gasteiger partial charge in [0.1, 0.15) is 5.75 Å². The fourth-order valence-electron chi connectivity index (χ4n) is 3.05. The summed E-state index contributed by atoms with van der Waals surface area (Å²) in [6.07, 6.45) is 1.93. The predicted molar refractivity (Wildman–Crippen MR) is 92.5 cm³/mol. The van der Waals surface area contributed by atoms with Crippen molar-refractivity contribution in [3.05, 3.63) is 70.5 Å². The highest BCUT2D eigenvalue weighted by Crippen LogP contribution is 2.29. The molecule has 23 heavy (non-hydrogen) atoms. The number of fused-ring (bicyclic) bond motifs is 1. The first-order valence-corrected chi connectivity index (χ1v) is 7.85. The second kappa shape index (κ2) is 5.58. The molecule has 2 aromatic heterocycles. The number of ketones is 1. The molecule has 0 fully saturated rings. The number of hydrogen-bond donors (Lipinski definition) is 1. The van der Waals surface area contributed by atoms with Crippen LogP contribution in [0.5, 0.6) is 5.75 Å². The number of carbonyl (C=O) groups excluding carboxylic acids is 1. The van der Waals surface area contributed by atoms with Crippen molar-refractivity contribution < 1.29 is 9.90 Å². The Hall–Kier alpha value is -2.55. The maximum absolute atomic E-state index is 13.2. The molecular formula is C20H21NO2. The van der Waals surface area contributed by atoms with Gasteiger partial charge in [-0.05, 0) is 66.8 Å². The van der Waals surface area contributed by atoms with Crippen LogP contribution in [0.15, 0.2) is 42.6 Å². The Kier molecular flexibility index (Phi) is 3.72. The zero-order valence-corrected chi connectivity index (χ0v) is 13.9. The molecule has 0 spiro atoms. The van der Waals surface area contributed by atoms with E-state index in [2.05, 4.69) is 19.9 Å². The Balaban J connectivity index is 2.23. The van der Waals surface area contributed by atoms with Crippen LogP contribution in [-0.2, 0) is 0 Å². The Morgan fingerprint density at radius 1 is 1.09 bits per heavy atom. The molecule has 2 heterocycles. The standard InChI is InChI=1S/C20H21NO2/c1-12(2)17-11-16-7-5-6-8-21(16)18(17)20(23)15-9-13(3)19(22)14(4)10-15/h5-12,22H,1-4H3. The average Bonchev–Trinajstić information content (AvgIpc) is 2.91. The quantitative estimate of drug-likeness (QED) is 0.718. The van der Waals surface area contributed by atoms with Crippen LogP contribution in [-0.4, -0.2) is 15.3 Å². The minimum Gasteiger partial charge on any atom is -0.507 e. The maximum Gasteiger partial charge on any atom is 0.210 e. The molecule has 3 aromatic rings. The second-order valence-electron chi connectivity index (χ2n) is 6.39. The lowest BCUT2D eigenvalue weighted by molar-refractivity contribution is 0.103. The van der Waals surface area contributed by atoms with Crippen LogP contribution in [0.4, 0.5) is 0 Å². The fraction of sp³-hybridized carbons (Fsp3) is 0.250. The number of aromatic hydroxyl groups is 1. The van der Waals surface area contributed by atoms with Crippen LogP contribution >= 0.6 is 0 Å². The molecule has 0 aliphatic rings. The molecule has 118 valence electrons. The number of phenols is 1. The molecule has 1 N–H and O–H groups in total. The van der Waals surface area contributed by atoms with Crippen LogP contribution in [0.25, 0.3) is 5.52 Å². The van der Waals surface area contributed by atoms with Gasteiger partial charge < -0.3 is 9.51 Å². The van der Waals surface area contributed by atoms with Crippen molar-refractivity contribution in [1.82, 2.24) is 4.40 Å². The highest BCUT2D eigenvalue weighted by molar-refractivity contribution is 6.10. The number of benzene rings is 1. The number of pyridine rings is 1. The van der Waals surface area contributed by atoms with Crippen molar-refractivity contribution in [3.8, 4) is 5.75 Å². The smallest absolute Gasteiger partial charge is 0.210 e. The van der Waals surface area contributed by atoms with E-state index in [0.29, 0.717) is 11.3 Å². The van der Waals surface area contributed by atoms with E-state index in [-0.39, 0.29) is 17.5 Å². The molecule has 0 atom stereocenters. The average molecular weight is 307 g/mol. The number of aryl methyl sites for hydroxylation is 2. The normalized spacial score (nSPS) is 11.3. The summed E-state index contributed by atoms with van der Waals surface area (Å²) in [5, 5.41) is 9.94. The van der Waals surface area contributed by atoms with E-state index in [4.69, 9.17) is 0 Å². The minimum absolute atomic E-state index is 0.00824. The maximum atomic E-state index is 13.2. The summed E-state index contributed by atoms with van der Waals surface area (Å²) in [5.74, 6) is 0.505. The van der Waals surface area contributed by atoms with E-state index in [9.17, 15) is 9.90 Å². The summed E-state index contributed by atoms with van der Waals surface area (Å²) >= 11 is 0. The molecule has 0 saturated heterocycles. The molecule has 0 radical (unpaired) electrons. The van der Waals surface area contributed by atoms with Crippen LogP contribution in [0, 0.1) is 13.8 Å². The largest absolute Gasteiger partial charge is 0.507 e. The molecule has 3 rings (SSSR count). The van der Waals surface area contributed by atoms with Crippen molar-refractivity contribution in [2.45, 2.75) is 33.6 Å². The first-order valence-electron chi connectivity index (χ1n) is 7.85. The first-order chi connectivity index (χ1) is 10.9. The highest BCUT2D eigenvalue weighted by Gasteiger charge is 2.21. The summed E-state index contributed by atoms with van der Waals surface area (Å²) in [5.41, 5.74) is 4.83. The Morgan fingerprint density at radius 2 is 1.74 bits per heavy atom. The molecule has 3 heteroatoms. The zero-order chi connectivity index (χ0) is 16.7. The highest BCUT2D eigenvalue weighted by atomic mass is 16.3. The van der Waals surface area contributed by atoms with E-state index >= 15 is 0 Å². The summed E-state index contributed by atoms with van der Waals surface area (Å²) in [4.78, 5) is 13.2. The summed E-state index contributed by atoms with van der Waals surface area (Å²) in [6, 6.07) is 11.5. The number of phenolic OH excluding ortho intramolecular Hbond substituents is 1. The summed E-state index contributed by atoms with van der Waals surface area (Å²) < 4.78 is 1.95. The fourth-order valence-corrected chi connectivity index (χ4v) is 3.05. The molecule has 3 nitrogen and oxygen atoms in total. The van der Waals surface area contributed by atoms with Gasteiger partial charge in [0.2, 0.25) is 5.78 Å². The first kappa shape index (κ1) is 15.3. The third-order valence-corrected chi connectivity index (χ3v) is 4.30. The minimum atomic E-state index is -0.00824.